The van der Waals surface area contributed by atoms with E-state index in [-0.39, 0.29) is 11.3 Å². The number of carbonyl (C=O) groups is 1. The van der Waals surface area contributed by atoms with Crippen molar-refractivity contribution in [2.45, 2.75) is 0 Å². The minimum atomic E-state index is -0.870. The van der Waals surface area contributed by atoms with Crippen molar-refractivity contribution in [2.75, 3.05) is 30.0 Å². The number of amides is 1. The summed E-state index contributed by atoms with van der Waals surface area (Å²) in [6, 6.07) is 1.79. The molecular weight excluding hydrogens is 287 g/mol. The summed E-state index contributed by atoms with van der Waals surface area (Å²) in [5.41, 5.74) is 1.23. The summed E-state index contributed by atoms with van der Waals surface area (Å²) >= 11 is 1.71. The van der Waals surface area contributed by atoms with Gasteiger partial charge in [0, 0.05) is 24.6 Å². The molecule has 0 unspecified atom stereocenters. The topological polar surface area (TPSA) is 102 Å². The summed E-state index contributed by atoms with van der Waals surface area (Å²) in [7, 11) is 0. The number of nitrogens with zero attached hydrogens (tertiary/aromatic N) is 2. The lowest BCUT2D eigenvalue weighted by atomic mass is 10.1. The van der Waals surface area contributed by atoms with Gasteiger partial charge in [-0.1, -0.05) is 0 Å². The van der Waals surface area contributed by atoms with E-state index in [4.69, 9.17) is 5.84 Å². The summed E-state index contributed by atoms with van der Waals surface area (Å²) in [6.45, 7) is 1.03. The molecule has 0 spiro atoms. The van der Waals surface area contributed by atoms with Crippen molar-refractivity contribution in [2.24, 2.45) is 5.84 Å². The third-order valence-corrected chi connectivity index (χ3v) is 3.91. The van der Waals surface area contributed by atoms with Crippen LogP contribution < -0.4 is 11.3 Å². The van der Waals surface area contributed by atoms with Crippen LogP contribution in [0.1, 0.15) is 10.4 Å². The van der Waals surface area contributed by atoms with Crippen molar-refractivity contribution >= 4 is 29.0 Å². The summed E-state index contributed by atoms with van der Waals surface area (Å²) in [5.74, 6) is 5.35. The van der Waals surface area contributed by atoms with Crippen molar-refractivity contribution < 1.29 is 14.1 Å². The molecule has 1 fully saturated rings. The first kappa shape index (κ1) is 14.5. The minimum absolute atomic E-state index is 0.148. The number of benzene rings is 1. The van der Waals surface area contributed by atoms with Gasteiger partial charge in [0.2, 0.25) is 0 Å². The number of nitrogens with two attached hydrogens (primary N) is 1. The van der Waals surface area contributed by atoms with Gasteiger partial charge in [-0.05, 0) is 6.07 Å². The van der Waals surface area contributed by atoms with Gasteiger partial charge in [0.25, 0.3) is 11.6 Å². The summed E-state index contributed by atoms with van der Waals surface area (Å²) < 4.78 is 13.5. The molecular formula is C11H13FN4O3S. The number of nitrogens with one attached hydrogen (secondary N) is 1. The second kappa shape index (κ2) is 6.06. The molecule has 9 heteroatoms. The number of rotatable bonds is 3. The summed E-state index contributed by atoms with van der Waals surface area (Å²) in [4.78, 5) is 24.1. The predicted octanol–water partition coefficient (Wildman–Crippen LogP) is 1.21. The minimum Gasteiger partial charge on any atom is -0.337 e. The van der Waals surface area contributed by atoms with Crippen molar-refractivity contribution in [3.8, 4) is 0 Å². The first-order chi connectivity index (χ1) is 9.54. The van der Waals surface area contributed by atoms with Crippen LogP contribution in [0.15, 0.2) is 12.1 Å². The Balaban J connectivity index is 2.42. The normalized spacial score (nSPS) is 15.0. The average Bonchev–Trinajstić information content (AvgIpc) is 2.47. The van der Waals surface area contributed by atoms with Gasteiger partial charge < -0.3 is 10.3 Å². The van der Waals surface area contributed by atoms with Crippen LogP contribution >= 0.6 is 11.8 Å². The van der Waals surface area contributed by atoms with Crippen molar-refractivity contribution in [3.05, 3.63) is 33.6 Å². The number of halogens is 1. The van der Waals surface area contributed by atoms with Crippen molar-refractivity contribution in [1.82, 2.24) is 4.90 Å². The molecule has 0 radical (unpaired) electrons. The zero-order chi connectivity index (χ0) is 14.7. The molecule has 0 aliphatic carbocycles. The highest BCUT2D eigenvalue weighted by Gasteiger charge is 2.28. The number of nitro groups is 1. The van der Waals surface area contributed by atoms with Crippen LogP contribution in [0.2, 0.25) is 0 Å². The Morgan fingerprint density at radius 1 is 1.45 bits per heavy atom. The van der Waals surface area contributed by atoms with E-state index in [0.29, 0.717) is 19.2 Å². The number of thioether (sulfide) groups is 1. The van der Waals surface area contributed by atoms with Gasteiger partial charge >= 0.3 is 0 Å². The summed E-state index contributed by atoms with van der Waals surface area (Å²) in [6.07, 6.45) is 0. The first-order valence-corrected chi connectivity index (χ1v) is 7.01. The standard InChI is InChI=1S/C11H13FN4O3S/c12-8-6-10(16(18)19)7(5-9(8)14-13)11(17)15-1-3-20-4-2-15/h5-6,14H,1-4,13H2. The Kier molecular flexibility index (Phi) is 4.40. The number of nitro benzene ring substituents is 1. The molecule has 1 aromatic carbocycles. The van der Waals surface area contributed by atoms with Crippen LogP contribution in [0, 0.1) is 15.9 Å². The SMILES string of the molecule is NNc1cc(C(=O)N2CCSCC2)c([N+](=O)[O-])cc1F. The van der Waals surface area contributed by atoms with E-state index in [9.17, 15) is 19.3 Å². The Labute approximate surface area is 118 Å². The molecule has 0 saturated carbocycles. The highest BCUT2D eigenvalue weighted by Crippen LogP contribution is 2.27. The van der Waals surface area contributed by atoms with Crippen LogP contribution in [-0.4, -0.2) is 40.3 Å². The second-order valence-corrected chi connectivity index (χ2v) is 5.38. The largest absolute Gasteiger partial charge is 0.337 e. The zero-order valence-electron chi connectivity index (χ0n) is 10.5. The molecule has 1 heterocycles. The Morgan fingerprint density at radius 2 is 2.10 bits per heavy atom. The van der Waals surface area contributed by atoms with Gasteiger partial charge in [-0.3, -0.25) is 20.8 Å². The maximum Gasteiger partial charge on any atom is 0.285 e. The number of hydrazine groups is 1. The number of hydrogen-bond donors (Lipinski definition) is 2. The molecule has 0 atom stereocenters. The monoisotopic (exact) mass is 300 g/mol. The van der Waals surface area contributed by atoms with Crippen LogP contribution in [-0.2, 0) is 0 Å². The van der Waals surface area contributed by atoms with E-state index >= 15 is 0 Å². The molecule has 1 amide bonds. The fraction of sp³-hybridized carbons (Fsp3) is 0.364. The molecule has 2 rings (SSSR count). The van der Waals surface area contributed by atoms with Crippen LogP contribution in [0.25, 0.3) is 0 Å². The lowest BCUT2D eigenvalue weighted by molar-refractivity contribution is -0.385. The fourth-order valence-corrected chi connectivity index (χ4v) is 2.84. The van der Waals surface area contributed by atoms with Crippen molar-refractivity contribution in [3.63, 3.8) is 0 Å². The molecule has 1 aliphatic rings. The van der Waals surface area contributed by atoms with E-state index in [0.717, 1.165) is 17.6 Å². The van der Waals surface area contributed by atoms with E-state index in [2.05, 4.69) is 5.43 Å². The Hall–Kier alpha value is -1.87. The summed E-state index contributed by atoms with van der Waals surface area (Å²) in [5, 5.41) is 11.0. The number of carbonyl (C=O) groups excluding carboxylic acids is 1. The van der Waals surface area contributed by atoms with E-state index in [1.165, 1.54) is 4.90 Å². The maximum absolute atomic E-state index is 13.5. The maximum atomic E-state index is 13.5. The number of hydrogen-bond acceptors (Lipinski definition) is 6. The third kappa shape index (κ3) is 2.83. The van der Waals surface area contributed by atoms with Gasteiger partial charge in [0.1, 0.15) is 5.56 Å². The second-order valence-electron chi connectivity index (χ2n) is 4.16. The molecule has 1 aromatic rings. The number of anilines is 1. The molecule has 1 saturated heterocycles. The lowest BCUT2D eigenvalue weighted by Crippen LogP contribution is -2.38. The fourth-order valence-electron chi connectivity index (χ4n) is 1.93. The Bertz CT molecular complexity index is 549. The van der Waals surface area contributed by atoms with E-state index < -0.39 is 22.3 Å². The van der Waals surface area contributed by atoms with Gasteiger partial charge in [0.05, 0.1) is 16.7 Å². The van der Waals surface area contributed by atoms with Gasteiger partial charge in [-0.15, -0.1) is 0 Å². The highest BCUT2D eigenvalue weighted by molar-refractivity contribution is 7.99. The molecule has 1 aliphatic heterocycles. The highest BCUT2D eigenvalue weighted by atomic mass is 32.2. The van der Waals surface area contributed by atoms with Crippen LogP contribution in [0.5, 0.6) is 0 Å². The molecule has 3 N–H and O–H groups in total. The molecule has 0 bridgehead atoms. The smallest absolute Gasteiger partial charge is 0.285 e. The predicted molar refractivity (Wildman–Crippen MR) is 74.1 cm³/mol. The van der Waals surface area contributed by atoms with Crippen LogP contribution in [0.3, 0.4) is 0 Å². The van der Waals surface area contributed by atoms with E-state index in [1.807, 2.05) is 0 Å². The van der Waals surface area contributed by atoms with Gasteiger partial charge in [0.15, 0.2) is 5.82 Å². The average molecular weight is 300 g/mol. The molecule has 7 nitrogen and oxygen atoms in total. The molecule has 20 heavy (non-hydrogen) atoms. The quantitative estimate of drug-likeness (QED) is 0.494. The van der Waals surface area contributed by atoms with Crippen LogP contribution in [0.4, 0.5) is 15.8 Å². The molecule has 108 valence electrons. The number of nitrogen functional groups attached to an aromatic ring is 1. The van der Waals surface area contributed by atoms with Crippen molar-refractivity contribution in [1.29, 1.82) is 0 Å². The Morgan fingerprint density at radius 3 is 2.65 bits per heavy atom. The van der Waals surface area contributed by atoms with Gasteiger partial charge in [-0.2, -0.15) is 11.8 Å². The van der Waals surface area contributed by atoms with Gasteiger partial charge in [-0.25, -0.2) is 4.39 Å². The first-order valence-electron chi connectivity index (χ1n) is 5.86. The third-order valence-electron chi connectivity index (χ3n) is 2.97. The zero-order valence-corrected chi connectivity index (χ0v) is 11.3. The lowest BCUT2D eigenvalue weighted by Gasteiger charge is -2.26. The van der Waals surface area contributed by atoms with E-state index in [1.54, 1.807) is 11.8 Å². The molecule has 0 aromatic heterocycles.